The molecule has 0 amide bonds. The topological polar surface area (TPSA) is 41.1 Å². The summed E-state index contributed by atoms with van der Waals surface area (Å²) < 4.78 is 0. The van der Waals surface area contributed by atoms with Crippen molar-refractivity contribution in [1.29, 1.82) is 0 Å². The van der Waals surface area contributed by atoms with E-state index in [1.54, 1.807) is 6.33 Å². The highest BCUT2D eigenvalue weighted by molar-refractivity contribution is 5.44. The molecule has 4 heteroatoms. The van der Waals surface area contributed by atoms with Gasteiger partial charge in [0.1, 0.15) is 12.1 Å². The van der Waals surface area contributed by atoms with Gasteiger partial charge in [-0.15, -0.1) is 0 Å². The lowest BCUT2D eigenvalue weighted by atomic mass is 10.1. The van der Waals surface area contributed by atoms with E-state index in [4.69, 9.17) is 0 Å². The molecule has 4 nitrogen and oxygen atoms in total. The number of anilines is 1. The molecule has 0 radical (unpaired) electrons. The van der Waals surface area contributed by atoms with E-state index in [9.17, 15) is 0 Å². The smallest absolute Gasteiger partial charge is 0.136 e. The Morgan fingerprint density at radius 3 is 2.61 bits per heavy atom. The first-order valence-corrected chi connectivity index (χ1v) is 6.74. The molecule has 0 atom stereocenters. The molecule has 0 saturated heterocycles. The van der Waals surface area contributed by atoms with Gasteiger partial charge in [0, 0.05) is 37.9 Å². The molecule has 1 heterocycles. The molecule has 18 heavy (non-hydrogen) atoms. The molecule has 1 aromatic heterocycles. The summed E-state index contributed by atoms with van der Waals surface area (Å²) in [5.74, 6) is 1.75. The Morgan fingerprint density at radius 2 is 2.00 bits per heavy atom. The molecule has 0 unspecified atom stereocenters. The summed E-state index contributed by atoms with van der Waals surface area (Å²) in [7, 11) is 2.10. The minimum Gasteiger partial charge on any atom is -0.359 e. The van der Waals surface area contributed by atoms with Crippen LogP contribution in [0.15, 0.2) is 12.5 Å². The lowest BCUT2D eigenvalue weighted by Gasteiger charge is -2.22. The average molecular weight is 250 g/mol. The molecule has 0 saturated carbocycles. The van der Waals surface area contributed by atoms with Crippen molar-refractivity contribution in [3.63, 3.8) is 0 Å². The molecule has 0 bridgehead atoms. The second-order valence-corrected chi connectivity index (χ2v) is 5.51. The van der Waals surface area contributed by atoms with Gasteiger partial charge in [-0.1, -0.05) is 27.7 Å². The Bertz CT molecular complexity index is 349. The highest BCUT2D eigenvalue weighted by Crippen LogP contribution is 2.16. The molecular weight excluding hydrogens is 224 g/mol. The predicted octanol–water partition coefficient (Wildman–Crippen LogP) is 2.46. The fourth-order valence-electron chi connectivity index (χ4n) is 1.69. The Kier molecular flexibility index (Phi) is 6.05. The van der Waals surface area contributed by atoms with Crippen LogP contribution in [0.5, 0.6) is 0 Å². The van der Waals surface area contributed by atoms with E-state index in [2.05, 4.69) is 54.9 Å². The zero-order valence-corrected chi connectivity index (χ0v) is 12.3. The fraction of sp³-hybridized carbons (Fsp3) is 0.714. The van der Waals surface area contributed by atoms with E-state index in [-0.39, 0.29) is 0 Å². The maximum absolute atomic E-state index is 4.41. The predicted molar refractivity (Wildman–Crippen MR) is 76.7 cm³/mol. The molecule has 0 aliphatic rings. The maximum atomic E-state index is 4.41. The van der Waals surface area contributed by atoms with E-state index in [0.717, 1.165) is 24.5 Å². The Labute approximate surface area is 111 Å². The number of hydrogen-bond donors (Lipinski definition) is 1. The number of aromatic nitrogens is 2. The Balaban J connectivity index is 2.68. The van der Waals surface area contributed by atoms with Gasteiger partial charge < -0.3 is 10.2 Å². The molecule has 1 N–H and O–H groups in total. The average Bonchev–Trinajstić information content (AvgIpc) is 2.33. The molecule has 1 aromatic rings. The van der Waals surface area contributed by atoms with Crippen LogP contribution in [0.25, 0.3) is 0 Å². The summed E-state index contributed by atoms with van der Waals surface area (Å²) in [6, 6.07) is 0.471. The zero-order valence-electron chi connectivity index (χ0n) is 12.3. The third-order valence-electron chi connectivity index (χ3n) is 2.87. The van der Waals surface area contributed by atoms with Crippen LogP contribution in [0.4, 0.5) is 5.82 Å². The van der Waals surface area contributed by atoms with Crippen molar-refractivity contribution in [3.8, 4) is 0 Å². The van der Waals surface area contributed by atoms with E-state index in [1.165, 1.54) is 6.42 Å². The summed E-state index contributed by atoms with van der Waals surface area (Å²) in [5.41, 5.74) is 1.16. The van der Waals surface area contributed by atoms with Crippen LogP contribution in [0, 0.1) is 5.92 Å². The number of hydrogen-bond acceptors (Lipinski definition) is 4. The molecule has 0 spiro atoms. The van der Waals surface area contributed by atoms with E-state index in [1.807, 2.05) is 6.20 Å². The fourth-order valence-corrected chi connectivity index (χ4v) is 1.69. The standard InChI is InChI=1S/C14H26N4/c1-11(2)6-7-18(5)14-13(8-15-10-17-14)9-16-12(3)4/h8,10-12,16H,6-7,9H2,1-5H3. The molecule has 0 aromatic carbocycles. The van der Waals surface area contributed by atoms with Crippen LogP contribution in [-0.4, -0.2) is 29.6 Å². The second kappa shape index (κ2) is 7.31. The summed E-state index contributed by atoms with van der Waals surface area (Å²) in [6.07, 6.45) is 4.71. The van der Waals surface area contributed by atoms with E-state index >= 15 is 0 Å². The summed E-state index contributed by atoms with van der Waals surface area (Å²) in [4.78, 5) is 10.8. The first-order chi connectivity index (χ1) is 8.50. The highest BCUT2D eigenvalue weighted by Gasteiger charge is 2.09. The summed E-state index contributed by atoms with van der Waals surface area (Å²) >= 11 is 0. The van der Waals surface area contributed by atoms with Crippen molar-refractivity contribution in [2.75, 3.05) is 18.5 Å². The molecule has 1 rings (SSSR count). The lowest BCUT2D eigenvalue weighted by Crippen LogP contribution is -2.26. The first kappa shape index (κ1) is 14.9. The summed E-state index contributed by atoms with van der Waals surface area (Å²) in [6.45, 7) is 10.6. The molecule has 0 aliphatic carbocycles. The van der Waals surface area contributed by atoms with Crippen LogP contribution in [0.2, 0.25) is 0 Å². The van der Waals surface area contributed by atoms with Gasteiger partial charge in [0.25, 0.3) is 0 Å². The van der Waals surface area contributed by atoms with Gasteiger partial charge in [0.05, 0.1) is 0 Å². The van der Waals surface area contributed by atoms with Gasteiger partial charge in [0.15, 0.2) is 0 Å². The largest absolute Gasteiger partial charge is 0.359 e. The zero-order chi connectivity index (χ0) is 13.5. The Hall–Kier alpha value is -1.16. The van der Waals surface area contributed by atoms with Crippen molar-refractivity contribution in [2.24, 2.45) is 5.92 Å². The number of nitrogens with one attached hydrogen (secondary N) is 1. The normalized spacial score (nSPS) is 11.3. The van der Waals surface area contributed by atoms with Gasteiger partial charge in [-0.25, -0.2) is 9.97 Å². The van der Waals surface area contributed by atoms with Gasteiger partial charge in [-0.3, -0.25) is 0 Å². The summed E-state index contributed by atoms with van der Waals surface area (Å²) in [5, 5.41) is 3.42. The van der Waals surface area contributed by atoms with Crippen LogP contribution in [0.3, 0.4) is 0 Å². The third-order valence-corrected chi connectivity index (χ3v) is 2.87. The monoisotopic (exact) mass is 250 g/mol. The molecule has 0 fully saturated rings. The van der Waals surface area contributed by atoms with E-state index in [0.29, 0.717) is 12.0 Å². The van der Waals surface area contributed by atoms with Crippen molar-refractivity contribution in [1.82, 2.24) is 15.3 Å². The van der Waals surface area contributed by atoms with E-state index < -0.39 is 0 Å². The molecule has 102 valence electrons. The minimum absolute atomic E-state index is 0.471. The van der Waals surface area contributed by atoms with Crippen LogP contribution < -0.4 is 10.2 Å². The molecule has 0 aliphatic heterocycles. The maximum Gasteiger partial charge on any atom is 0.136 e. The SMILES string of the molecule is CC(C)CCN(C)c1ncncc1CNC(C)C. The Morgan fingerprint density at radius 1 is 1.28 bits per heavy atom. The molecular formula is C14H26N4. The number of nitrogens with zero attached hydrogens (tertiary/aromatic N) is 3. The third kappa shape index (κ3) is 5.00. The number of rotatable bonds is 7. The van der Waals surface area contributed by atoms with Crippen molar-refractivity contribution in [2.45, 2.75) is 46.7 Å². The van der Waals surface area contributed by atoms with Crippen molar-refractivity contribution < 1.29 is 0 Å². The van der Waals surface area contributed by atoms with Gasteiger partial charge in [0.2, 0.25) is 0 Å². The highest BCUT2D eigenvalue weighted by atomic mass is 15.2. The van der Waals surface area contributed by atoms with Gasteiger partial charge in [-0.05, 0) is 12.3 Å². The van der Waals surface area contributed by atoms with Crippen LogP contribution in [0.1, 0.15) is 39.7 Å². The second-order valence-electron chi connectivity index (χ2n) is 5.51. The lowest BCUT2D eigenvalue weighted by molar-refractivity contribution is 0.574. The first-order valence-electron chi connectivity index (χ1n) is 6.74. The van der Waals surface area contributed by atoms with Crippen molar-refractivity contribution >= 4 is 5.82 Å². The van der Waals surface area contributed by atoms with Crippen LogP contribution >= 0.6 is 0 Å². The van der Waals surface area contributed by atoms with Crippen LogP contribution in [-0.2, 0) is 6.54 Å². The van der Waals surface area contributed by atoms with Gasteiger partial charge in [-0.2, -0.15) is 0 Å². The quantitative estimate of drug-likeness (QED) is 0.807. The van der Waals surface area contributed by atoms with Gasteiger partial charge >= 0.3 is 0 Å². The van der Waals surface area contributed by atoms with Crippen molar-refractivity contribution in [3.05, 3.63) is 18.1 Å². The minimum atomic E-state index is 0.471.